The second-order valence-electron chi connectivity index (χ2n) is 4.88. The van der Waals surface area contributed by atoms with Crippen LogP contribution in [0.15, 0.2) is 29.2 Å². The summed E-state index contributed by atoms with van der Waals surface area (Å²) in [5, 5.41) is 0. The molecule has 0 saturated carbocycles. The van der Waals surface area contributed by atoms with Gasteiger partial charge in [0.25, 0.3) is 0 Å². The molecule has 0 aliphatic carbocycles. The Bertz CT molecular complexity index is 455. The summed E-state index contributed by atoms with van der Waals surface area (Å²) in [6.07, 6.45) is 0.222. The van der Waals surface area contributed by atoms with Crippen molar-refractivity contribution in [2.45, 2.75) is 17.4 Å². The Hall–Kier alpha value is -1.11. The largest absolute Gasteiger partial charge is 0.469 e. The van der Waals surface area contributed by atoms with E-state index >= 15 is 0 Å². The quantitative estimate of drug-likeness (QED) is 0.594. The Balaban J connectivity index is 1.70. The molecule has 1 fully saturated rings. The number of morpholine rings is 1. The van der Waals surface area contributed by atoms with Crippen LogP contribution in [0.25, 0.3) is 0 Å². The van der Waals surface area contributed by atoms with Gasteiger partial charge in [0.15, 0.2) is 0 Å². The van der Waals surface area contributed by atoms with E-state index in [1.807, 2.05) is 0 Å². The Kier molecular flexibility index (Phi) is 6.48. The first-order valence-corrected chi connectivity index (χ1v) is 7.95. The van der Waals surface area contributed by atoms with E-state index in [0.29, 0.717) is 13.0 Å². The number of rotatable bonds is 6. The van der Waals surface area contributed by atoms with Crippen LogP contribution in [0.1, 0.15) is 6.42 Å². The van der Waals surface area contributed by atoms with Gasteiger partial charge < -0.3 is 9.47 Å². The molecule has 1 aliphatic rings. The minimum absolute atomic E-state index is 0.0815. The number of benzene rings is 1. The van der Waals surface area contributed by atoms with Crippen LogP contribution in [0, 0.1) is 5.82 Å². The minimum Gasteiger partial charge on any atom is -0.469 e. The fraction of sp³-hybridized carbons (Fsp3) is 0.533. The number of halogens is 1. The van der Waals surface area contributed by atoms with Crippen molar-refractivity contribution in [2.75, 3.05) is 39.1 Å². The molecule has 1 aromatic rings. The lowest BCUT2D eigenvalue weighted by molar-refractivity contribution is -0.145. The first kappa shape index (κ1) is 16.3. The van der Waals surface area contributed by atoms with Crippen LogP contribution in [0.2, 0.25) is 0 Å². The maximum Gasteiger partial charge on any atom is 0.308 e. The van der Waals surface area contributed by atoms with E-state index in [2.05, 4.69) is 9.64 Å². The standard InChI is InChI=1S/C15H20FNO3S/c1-19-15(18)10-13-11-17(6-8-20-13)7-9-21-14-4-2-12(16)3-5-14/h2-5,13H,6-11H2,1H3. The highest BCUT2D eigenvalue weighted by Gasteiger charge is 2.22. The zero-order chi connectivity index (χ0) is 15.1. The molecule has 0 bridgehead atoms. The molecule has 1 aliphatic heterocycles. The van der Waals surface area contributed by atoms with Crippen LogP contribution in [0.3, 0.4) is 0 Å². The van der Waals surface area contributed by atoms with Crippen molar-refractivity contribution in [1.29, 1.82) is 0 Å². The van der Waals surface area contributed by atoms with Crippen LogP contribution in [0.4, 0.5) is 4.39 Å². The van der Waals surface area contributed by atoms with Crippen LogP contribution in [-0.2, 0) is 14.3 Å². The van der Waals surface area contributed by atoms with Crippen LogP contribution in [0.5, 0.6) is 0 Å². The van der Waals surface area contributed by atoms with Crippen molar-refractivity contribution < 1.29 is 18.7 Å². The zero-order valence-corrected chi connectivity index (χ0v) is 12.9. The zero-order valence-electron chi connectivity index (χ0n) is 12.1. The van der Waals surface area contributed by atoms with Gasteiger partial charge in [0.1, 0.15) is 5.82 Å². The van der Waals surface area contributed by atoms with Crippen molar-refractivity contribution in [1.82, 2.24) is 4.90 Å². The highest BCUT2D eigenvalue weighted by atomic mass is 32.2. The van der Waals surface area contributed by atoms with Gasteiger partial charge in [-0.15, -0.1) is 11.8 Å². The molecule has 0 aromatic heterocycles. The molecule has 0 amide bonds. The molecule has 0 radical (unpaired) electrons. The summed E-state index contributed by atoms with van der Waals surface area (Å²) < 4.78 is 23.0. The number of nitrogens with zero attached hydrogens (tertiary/aromatic N) is 1. The second kappa shape index (κ2) is 8.36. The molecular formula is C15H20FNO3S. The third kappa shape index (κ3) is 5.65. The summed E-state index contributed by atoms with van der Waals surface area (Å²) in [4.78, 5) is 14.6. The van der Waals surface area contributed by atoms with Crippen molar-refractivity contribution in [3.63, 3.8) is 0 Å². The van der Waals surface area contributed by atoms with Crippen molar-refractivity contribution >= 4 is 17.7 Å². The van der Waals surface area contributed by atoms with E-state index in [1.165, 1.54) is 19.2 Å². The number of hydrogen-bond acceptors (Lipinski definition) is 5. The van der Waals surface area contributed by atoms with Crippen molar-refractivity contribution in [2.24, 2.45) is 0 Å². The average Bonchev–Trinajstić information content (AvgIpc) is 2.49. The van der Waals surface area contributed by atoms with Gasteiger partial charge in [0.05, 0.1) is 26.2 Å². The minimum atomic E-state index is -0.234. The lowest BCUT2D eigenvalue weighted by Gasteiger charge is -2.32. The van der Waals surface area contributed by atoms with Gasteiger partial charge in [-0.05, 0) is 24.3 Å². The van der Waals surface area contributed by atoms with Crippen molar-refractivity contribution in [3.05, 3.63) is 30.1 Å². The van der Waals surface area contributed by atoms with Gasteiger partial charge in [0.2, 0.25) is 0 Å². The average molecular weight is 313 g/mol. The van der Waals surface area contributed by atoms with Gasteiger partial charge >= 0.3 is 5.97 Å². The number of thioether (sulfide) groups is 1. The predicted molar refractivity (Wildman–Crippen MR) is 79.9 cm³/mol. The van der Waals surface area contributed by atoms with Crippen LogP contribution in [-0.4, -0.2) is 56.1 Å². The van der Waals surface area contributed by atoms with Crippen molar-refractivity contribution in [3.8, 4) is 0 Å². The molecule has 0 N–H and O–H groups in total. The summed E-state index contributed by atoms with van der Waals surface area (Å²) in [5.41, 5.74) is 0. The molecule has 4 nitrogen and oxygen atoms in total. The van der Waals surface area contributed by atoms with Crippen LogP contribution < -0.4 is 0 Å². The number of esters is 1. The molecular weight excluding hydrogens is 293 g/mol. The van der Waals surface area contributed by atoms with Gasteiger partial charge in [0, 0.05) is 30.3 Å². The van der Waals surface area contributed by atoms with Gasteiger partial charge in [-0.25, -0.2) is 4.39 Å². The Labute approximate surface area is 128 Å². The monoisotopic (exact) mass is 313 g/mol. The molecule has 2 rings (SSSR count). The highest BCUT2D eigenvalue weighted by molar-refractivity contribution is 7.99. The summed E-state index contributed by atoms with van der Waals surface area (Å²) >= 11 is 1.70. The summed E-state index contributed by atoms with van der Waals surface area (Å²) in [7, 11) is 1.39. The third-order valence-electron chi connectivity index (χ3n) is 3.33. The summed E-state index contributed by atoms with van der Waals surface area (Å²) in [6, 6.07) is 6.53. The fourth-order valence-corrected chi connectivity index (χ4v) is 3.11. The normalized spacial score (nSPS) is 19.4. The molecule has 1 heterocycles. The molecule has 1 aromatic carbocycles. The first-order valence-electron chi connectivity index (χ1n) is 6.96. The highest BCUT2D eigenvalue weighted by Crippen LogP contribution is 2.19. The molecule has 116 valence electrons. The van der Waals surface area contributed by atoms with Gasteiger partial charge in [-0.2, -0.15) is 0 Å². The second-order valence-corrected chi connectivity index (χ2v) is 6.04. The molecule has 1 atom stereocenters. The first-order chi connectivity index (χ1) is 10.2. The van der Waals surface area contributed by atoms with Gasteiger partial charge in [-0.3, -0.25) is 9.69 Å². The van der Waals surface area contributed by atoms with E-state index in [4.69, 9.17) is 4.74 Å². The maximum atomic E-state index is 12.8. The Morgan fingerprint density at radius 1 is 1.48 bits per heavy atom. The predicted octanol–water partition coefficient (Wildman–Crippen LogP) is 2.18. The Morgan fingerprint density at radius 2 is 2.24 bits per heavy atom. The molecule has 1 saturated heterocycles. The Morgan fingerprint density at radius 3 is 2.95 bits per heavy atom. The fourth-order valence-electron chi connectivity index (χ4n) is 2.20. The molecule has 21 heavy (non-hydrogen) atoms. The molecule has 6 heteroatoms. The summed E-state index contributed by atoms with van der Waals surface area (Å²) in [6.45, 7) is 3.19. The molecule has 0 spiro atoms. The lowest BCUT2D eigenvalue weighted by atomic mass is 10.2. The van der Waals surface area contributed by atoms with E-state index in [0.717, 1.165) is 30.3 Å². The van der Waals surface area contributed by atoms with E-state index in [1.54, 1.807) is 23.9 Å². The molecule has 1 unspecified atom stereocenters. The number of carbonyl (C=O) groups excluding carboxylic acids is 1. The summed E-state index contributed by atoms with van der Waals surface area (Å²) in [5.74, 6) is 0.483. The lowest BCUT2D eigenvalue weighted by Crippen LogP contribution is -2.44. The smallest absolute Gasteiger partial charge is 0.308 e. The number of carbonyl (C=O) groups is 1. The van der Waals surface area contributed by atoms with Crippen LogP contribution >= 0.6 is 11.8 Å². The van der Waals surface area contributed by atoms with Gasteiger partial charge in [-0.1, -0.05) is 0 Å². The number of ether oxygens (including phenoxy) is 2. The number of methoxy groups -OCH3 is 1. The van der Waals surface area contributed by atoms with E-state index in [9.17, 15) is 9.18 Å². The topological polar surface area (TPSA) is 38.8 Å². The van der Waals surface area contributed by atoms with E-state index in [-0.39, 0.29) is 17.9 Å². The van der Waals surface area contributed by atoms with E-state index < -0.39 is 0 Å². The third-order valence-corrected chi connectivity index (χ3v) is 4.33. The maximum absolute atomic E-state index is 12.8. The SMILES string of the molecule is COC(=O)CC1CN(CCSc2ccc(F)cc2)CCO1. The number of hydrogen-bond donors (Lipinski definition) is 0.